The molecule has 2 fully saturated rings. The van der Waals surface area contributed by atoms with Crippen LogP contribution in [-0.4, -0.2) is 43.2 Å². The quantitative estimate of drug-likeness (QED) is 0.560. The van der Waals surface area contributed by atoms with Gasteiger partial charge in [-0.25, -0.2) is 13.2 Å². The molecule has 10 heteroatoms. The number of para-hydroxylation sites is 1. The first-order chi connectivity index (χ1) is 15.6. The normalized spacial score (nSPS) is 17.3. The fraction of sp³-hybridized carbons (Fsp3) is 0.348. The van der Waals surface area contributed by atoms with E-state index in [-0.39, 0.29) is 10.8 Å². The van der Waals surface area contributed by atoms with Crippen LogP contribution in [0.5, 0.6) is 0 Å². The van der Waals surface area contributed by atoms with Crippen molar-refractivity contribution in [3.63, 3.8) is 0 Å². The Balaban J connectivity index is 1.41. The molecule has 0 atom stereocenters. The molecule has 0 unspecified atom stereocenters. The molecule has 0 bridgehead atoms. The van der Waals surface area contributed by atoms with Gasteiger partial charge in [0.25, 0.3) is 15.9 Å². The number of hydrogen-bond acceptors (Lipinski definition) is 5. The van der Waals surface area contributed by atoms with Gasteiger partial charge in [0, 0.05) is 5.69 Å². The molecule has 0 aromatic heterocycles. The predicted molar refractivity (Wildman–Crippen MR) is 123 cm³/mol. The fourth-order valence-electron chi connectivity index (χ4n) is 4.37. The number of aryl methyl sites for hydroxylation is 2. The molecule has 2 aromatic rings. The molecule has 2 aliphatic rings. The summed E-state index contributed by atoms with van der Waals surface area (Å²) in [6.45, 7) is 3.24. The van der Waals surface area contributed by atoms with Crippen molar-refractivity contribution in [1.82, 2.24) is 10.2 Å². The van der Waals surface area contributed by atoms with Crippen LogP contribution < -0.4 is 15.4 Å². The third kappa shape index (κ3) is 4.43. The van der Waals surface area contributed by atoms with E-state index in [0.29, 0.717) is 24.2 Å². The van der Waals surface area contributed by atoms with Gasteiger partial charge >= 0.3 is 6.03 Å². The molecule has 1 aliphatic carbocycles. The highest BCUT2D eigenvalue weighted by molar-refractivity contribution is 7.92. The Morgan fingerprint density at radius 1 is 1.03 bits per heavy atom. The number of benzene rings is 2. The first-order valence-corrected chi connectivity index (χ1v) is 12.2. The van der Waals surface area contributed by atoms with Crippen LogP contribution in [0.15, 0.2) is 47.4 Å². The molecular formula is C23H26N4O5S. The third-order valence-corrected chi connectivity index (χ3v) is 7.54. The Morgan fingerprint density at radius 3 is 2.24 bits per heavy atom. The molecule has 2 aromatic carbocycles. The first-order valence-electron chi connectivity index (χ1n) is 10.7. The van der Waals surface area contributed by atoms with E-state index in [1.54, 1.807) is 0 Å². The first kappa shape index (κ1) is 22.8. The summed E-state index contributed by atoms with van der Waals surface area (Å²) < 4.78 is 28.2. The van der Waals surface area contributed by atoms with Crippen LogP contribution >= 0.6 is 0 Å². The average molecular weight is 471 g/mol. The van der Waals surface area contributed by atoms with Crippen molar-refractivity contribution in [2.45, 2.75) is 50.0 Å². The fourth-order valence-corrected chi connectivity index (χ4v) is 5.57. The number of nitrogens with zero attached hydrogens (tertiary/aromatic N) is 1. The monoisotopic (exact) mass is 470 g/mol. The van der Waals surface area contributed by atoms with Gasteiger partial charge in [0.05, 0.1) is 10.6 Å². The van der Waals surface area contributed by atoms with E-state index in [0.717, 1.165) is 28.9 Å². The molecule has 0 radical (unpaired) electrons. The van der Waals surface area contributed by atoms with Crippen LogP contribution in [0, 0.1) is 13.8 Å². The standard InChI is InChI=1S/C23H26N4O5S/c1-15-6-5-7-16(2)20(15)26-33(31,32)18-10-8-17(9-11-18)24-19(28)14-27-21(29)23(25-22(27)30)12-3-4-13-23/h5-11,26H,3-4,12-14H2,1-2H3,(H,24,28)(H,25,30). The third-order valence-electron chi connectivity index (χ3n) is 6.17. The lowest BCUT2D eigenvalue weighted by Crippen LogP contribution is -2.44. The van der Waals surface area contributed by atoms with Crippen molar-refractivity contribution in [2.24, 2.45) is 0 Å². The van der Waals surface area contributed by atoms with E-state index < -0.39 is 34.0 Å². The number of hydrogen-bond donors (Lipinski definition) is 3. The van der Waals surface area contributed by atoms with Gasteiger partial charge in [0.15, 0.2) is 0 Å². The molecule has 1 heterocycles. The Kier molecular flexibility index (Phi) is 5.87. The number of amides is 4. The lowest BCUT2D eigenvalue weighted by molar-refractivity contribution is -0.133. The number of carbonyl (C=O) groups is 3. The zero-order chi connectivity index (χ0) is 23.8. The summed E-state index contributed by atoms with van der Waals surface area (Å²) in [5.41, 5.74) is 1.64. The molecular weight excluding hydrogens is 444 g/mol. The molecule has 1 saturated carbocycles. The number of anilines is 2. The zero-order valence-electron chi connectivity index (χ0n) is 18.5. The molecule has 3 N–H and O–H groups in total. The van der Waals surface area contributed by atoms with Gasteiger partial charge in [-0.1, -0.05) is 31.0 Å². The second kappa shape index (κ2) is 8.51. The van der Waals surface area contributed by atoms with Gasteiger partial charge in [-0.05, 0) is 62.1 Å². The maximum Gasteiger partial charge on any atom is 0.325 e. The molecule has 9 nitrogen and oxygen atoms in total. The SMILES string of the molecule is Cc1cccc(C)c1NS(=O)(=O)c1ccc(NC(=O)CN2C(=O)NC3(CCCC3)C2=O)cc1. The van der Waals surface area contributed by atoms with Crippen molar-refractivity contribution in [1.29, 1.82) is 0 Å². The van der Waals surface area contributed by atoms with Crippen LogP contribution in [0.2, 0.25) is 0 Å². The number of rotatable bonds is 6. The van der Waals surface area contributed by atoms with Crippen molar-refractivity contribution in [2.75, 3.05) is 16.6 Å². The lowest BCUT2D eigenvalue weighted by atomic mass is 9.98. The average Bonchev–Trinajstić information content (AvgIpc) is 3.32. The van der Waals surface area contributed by atoms with Gasteiger partial charge in [-0.2, -0.15) is 0 Å². The highest BCUT2D eigenvalue weighted by Gasteiger charge is 2.52. The predicted octanol–water partition coefficient (Wildman–Crippen LogP) is 2.91. The summed E-state index contributed by atoms with van der Waals surface area (Å²) in [6.07, 6.45) is 2.89. The summed E-state index contributed by atoms with van der Waals surface area (Å²) in [4.78, 5) is 38.3. The number of nitrogens with one attached hydrogen (secondary N) is 3. The van der Waals surface area contributed by atoms with E-state index in [4.69, 9.17) is 0 Å². The van der Waals surface area contributed by atoms with E-state index in [1.165, 1.54) is 24.3 Å². The Bertz CT molecular complexity index is 1200. The van der Waals surface area contributed by atoms with Crippen molar-refractivity contribution >= 4 is 39.2 Å². The van der Waals surface area contributed by atoms with E-state index in [1.807, 2.05) is 32.0 Å². The zero-order valence-corrected chi connectivity index (χ0v) is 19.3. The number of sulfonamides is 1. The number of imide groups is 1. The number of urea groups is 1. The van der Waals surface area contributed by atoms with Gasteiger partial charge in [-0.3, -0.25) is 19.2 Å². The van der Waals surface area contributed by atoms with Crippen LogP contribution in [-0.2, 0) is 19.6 Å². The van der Waals surface area contributed by atoms with Gasteiger partial charge in [0.2, 0.25) is 5.91 Å². The molecule has 33 heavy (non-hydrogen) atoms. The van der Waals surface area contributed by atoms with Crippen molar-refractivity contribution < 1.29 is 22.8 Å². The summed E-state index contributed by atoms with van der Waals surface area (Å²) in [7, 11) is -3.82. The summed E-state index contributed by atoms with van der Waals surface area (Å²) in [5.74, 6) is -0.906. The minimum absolute atomic E-state index is 0.0421. The van der Waals surface area contributed by atoms with E-state index in [9.17, 15) is 22.8 Å². The maximum atomic E-state index is 12.8. The number of carbonyl (C=O) groups excluding carboxylic acids is 3. The van der Waals surface area contributed by atoms with Crippen LogP contribution in [0.3, 0.4) is 0 Å². The Labute approximate surface area is 192 Å². The van der Waals surface area contributed by atoms with Crippen LogP contribution in [0.25, 0.3) is 0 Å². The van der Waals surface area contributed by atoms with E-state index >= 15 is 0 Å². The lowest BCUT2D eigenvalue weighted by Gasteiger charge is -2.19. The minimum Gasteiger partial charge on any atom is -0.325 e. The maximum absolute atomic E-state index is 12.8. The Morgan fingerprint density at radius 2 is 1.64 bits per heavy atom. The second-order valence-corrected chi connectivity index (χ2v) is 10.2. The van der Waals surface area contributed by atoms with Gasteiger partial charge < -0.3 is 10.6 Å². The highest BCUT2D eigenvalue weighted by atomic mass is 32.2. The topological polar surface area (TPSA) is 125 Å². The summed E-state index contributed by atoms with van der Waals surface area (Å²) in [5, 5.41) is 5.34. The highest BCUT2D eigenvalue weighted by Crippen LogP contribution is 2.35. The van der Waals surface area contributed by atoms with Gasteiger partial charge in [0.1, 0.15) is 12.1 Å². The molecule has 4 rings (SSSR count). The smallest absolute Gasteiger partial charge is 0.325 e. The molecule has 1 spiro atoms. The van der Waals surface area contributed by atoms with Crippen molar-refractivity contribution in [3.8, 4) is 0 Å². The Hall–Kier alpha value is -3.40. The summed E-state index contributed by atoms with van der Waals surface area (Å²) in [6, 6.07) is 10.6. The molecule has 1 saturated heterocycles. The largest absolute Gasteiger partial charge is 0.325 e. The summed E-state index contributed by atoms with van der Waals surface area (Å²) >= 11 is 0. The van der Waals surface area contributed by atoms with Crippen molar-refractivity contribution in [3.05, 3.63) is 53.6 Å². The second-order valence-electron chi connectivity index (χ2n) is 8.56. The molecule has 174 valence electrons. The molecule has 1 aliphatic heterocycles. The molecule has 4 amide bonds. The van der Waals surface area contributed by atoms with Crippen LogP contribution in [0.4, 0.5) is 16.2 Å². The minimum atomic E-state index is -3.82. The van der Waals surface area contributed by atoms with Gasteiger partial charge in [-0.15, -0.1) is 0 Å². The van der Waals surface area contributed by atoms with Crippen LogP contribution in [0.1, 0.15) is 36.8 Å². The van der Waals surface area contributed by atoms with E-state index in [2.05, 4.69) is 15.4 Å².